The summed E-state index contributed by atoms with van der Waals surface area (Å²) < 4.78 is 0. The molecule has 1 N–H and O–H groups in total. The lowest BCUT2D eigenvalue weighted by Crippen LogP contribution is -2.51. The Labute approximate surface area is 115 Å². The van der Waals surface area contributed by atoms with Gasteiger partial charge in [0.1, 0.15) is 5.41 Å². The van der Waals surface area contributed by atoms with Crippen molar-refractivity contribution in [2.45, 2.75) is 64.8 Å². The first-order chi connectivity index (χ1) is 9.01. The van der Waals surface area contributed by atoms with Crippen LogP contribution in [0.4, 0.5) is 0 Å². The predicted octanol–water partition coefficient (Wildman–Crippen LogP) is 2.08. The minimum Gasteiger partial charge on any atom is -0.352 e. The zero-order valence-corrected chi connectivity index (χ0v) is 12.2. The summed E-state index contributed by atoms with van der Waals surface area (Å²) in [4.78, 5) is 26.6. The first kappa shape index (κ1) is 14.4. The van der Waals surface area contributed by atoms with Gasteiger partial charge in [-0.3, -0.25) is 9.59 Å². The molecule has 1 saturated heterocycles. The molecule has 108 valence electrons. The number of amides is 2. The standard InChI is InChI=1S/C15H26N2O2/c1-15(2,14(19)17-10-6-7-11-17)13(18)16-12-8-4-3-5-9-12/h12H,3-11H2,1-2H3,(H,16,18). The molecule has 2 amide bonds. The SMILES string of the molecule is CC(C)(C(=O)NC1CCCCC1)C(=O)N1CCCC1. The lowest BCUT2D eigenvalue weighted by Gasteiger charge is -2.31. The summed E-state index contributed by atoms with van der Waals surface area (Å²) in [6, 6.07) is 0.270. The van der Waals surface area contributed by atoms with E-state index < -0.39 is 5.41 Å². The summed E-state index contributed by atoms with van der Waals surface area (Å²) >= 11 is 0. The average molecular weight is 266 g/mol. The van der Waals surface area contributed by atoms with Gasteiger partial charge in [-0.1, -0.05) is 19.3 Å². The third-order valence-corrected chi connectivity index (χ3v) is 4.44. The summed E-state index contributed by atoms with van der Waals surface area (Å²) in [6.07, 6.45) is 7.87. The minimum absolute atomic E-state index is 0.0155. The quantitative estimate of drug-likeness (QED) is 0.795. The number of hydrogen-bond donors (Lipinski definition) is 1. The van der Waals surface area contributed by atoms with Crippen molar-refractivity contribution in [1.29, 1.82) is 0 Å². The molecule has 2 rings (SSSR count). The second-order valence-electron chi connectivity index (χ2n) is 6.43. The largest absolute Gasteiger partial charge is 0.352 e. The highest BCUT2D eigenvalue weighted by Crippen LogP contribution is 2.24. The molecule has 0 spiro atoms. The van der Waals surface area contributed by atoms with E-state index in [0.29, 0.717) is 0 Å². The van der Waals surface area contributed by atoms with E-state index >= 15 is 0 Å². The molecule has 0 aromatic heterocycles. The summed E-state index contributed by atoms with van der Waals surface area (Å²) in [5.41, 5.74) is -0.929. The Kier molecular flexibility index (Phi) is 4.48. The fraction of sp³-hybridized carbons (Fsp3) is 0.867. The Morgan fingerprint density at radius 2 is 1.58 bits per heavy atom. The van der Waals surface area contributed by atoms with Crippen LogP contribution in [0.5, 0.6) is 0 Å². The molecular weight excluding hydrogens is 240 g/mol. The Bertz CT molecular complexity index is 340. The Balaban J connectivity index is 1.93. The molecule has 2 aliphatic rings. The van der Waals surface area contributed by atoms with E-state index in [4.69, 9.17) is 0 Å². The normalized spacial score (nSPS) is 21.5. The van der Waals surface area contributed by atoms with Gasteiger partial charge in [-0.2, -0.15) is 0 Å². The topological polar surface area (TPSA) is 49.4 Å². The lowest BCUT2D eigenvalue weighted by molar-refractivity contribution is -0.148. The molecule has 0 atom stereocenters. The number of rotatable bonds is 3. The van der Waals surface area contributed by atoms with Crippen molar-refractivity contribution in [3.63, 3.8) is 0 Å². The van der Waals surface area contributed by atoms with Gasteiger partial charge in [0.2, 0.25) is 11.8 Å². The van der Waals surface area contributed by atoms with Crippen LogP contribution in [0.1, 0.15) is 58.8 Å². The van der Waals surface area contributed by atoms with Gasteiger partial charge < -0.3 is 10.2 Å². The van der Waals surface area contributed by atoms with Gasteiger partial charge in [0.25, 0.3) is 0 Å². The maximum absolute atomic E-state index is 12.4. The highest BCUT2D eigenvalue weighted by Gasteiger charge is 2.40. The lowest BCUT2D eigenvalue weighted by atomic mass is 9.88. The fourth-order valence-electron chi connectivity index (χ4n) is 3.03. The number of carbonyl (C=O) groups excluding carboxylic acids is 2. The second kappa shape index (κ2) is 5.93. The van der Waals surface area contributed by atoms with E-state index in [1.165, 1.54) is 19.3 Å². The molecule has 0 bridgehead atoms. The van der Waals surface area contributed by atoms with Gasteiger partial charge in [-0.25, -0.2) is 0 Å². The molecule has 0 unspecified atom stereocenters. The van der Waals surface area contributed by atoms with Crippen LogP contribution in [0.2, 0.25) is 0 Å². The molecule has 1 aliphatic heterocycles. The van der Waals surface area contributed by atoms with Gasteiger partial charge in [0.15, 0.2) is 0 Å². The van der Waals surface area contributed by atoms with E-state index in [9.17, 15) is 9.59 Å². The zero-order valence-electron chi connectivity index (χ0n) is 12.2. The van der Waals surface area contributed by atoms with Gasteiger partial charge in [0.05, 0.1) is 0 Å². The van der Waals surface area contributed by atoms with Crippen LogP contribution in [-0.2, 0) is 9.59 Å². The van der Waals surface area contributed by atoms with Gasteiger partial charge in [-0.05, 0) is 39.5 Å². The molecule has 1 saturated carbocycles. The predicted molar refractivity (Wildman–Crippen MR) is 74.6 cm³/mol. The first-order valence-electron chi connectivity index (χ1n) is 7.62. The van der Waals surface area contributed by atoms with Crippen molar-refractivity contribution in [3.8, 4) is 0 Å². The third kappa shape index (κ3) is 3.28. The van der Waals surface area contributed by atoms with Crippen LogP contribution in [0.3, 0.4) is 0 Å². The average Bonchev–Trinajstić information content (AvgIpc) is 2.92. The van der Waals surface area contributed by atoms with Crippen molar-refractivity contribution in [2.75, 3.05) is 13.1 Å². The smallest absolute Gasteiger partial charge is 0.237 e. The fourth-order valence-corrected chi connectivity index (χ4v) is 3.03. The molecule has 0 aromatic rings. The molecular formula is C15H26N2O2. The summed E-state index contributed by atoms with van der Waals surface area (Å²) in [5.74, 6) is -0.116. The van der Waals surface area contributed by atoms with E-state index in [1.54, 1.807) is 13.8 Å². The van der Waals surface area contributed by atoms with Crippen LogP contribution in [0, 0.1) is 5.41 Å². The van der Waals surface area contributed by atoms with E-state index in [2.05, 4.69) is 5.32 Å². The van der Waals surface area contributed by atoms with Crippen molar-refractivity contribution in [2.24, 2.45) is 5.41 Å². The second-order valence-corrected chi connectivity index (χ2v) is 6.43. The maximum atomic E-state index is 12.4. The number of likely N-dealkylation sites (tertiary alicyclic amines) is 1. The highest BCUT2D eigenvalue weighted by molar-refractivity contribution is 6.04. The summed E-state index contributed by atoms with van der Waals surface area (Å²) in [7, 11) is 0. The number of nitrogens with zero attached hydrogens (tertiary/aromatic N) is 1. The van der Waals surface area contributed by atoms with Crippen molar-refractivity contribution >= 4 is 11.8 Å². The van der Waals surface area contributed by atoms with Crippen LogP contribution < -0.4 is 5.32 Å². The monoisotopic (exact) mass is 266 g/mol. The number of hydrogen-bond acceptors (Lipinski definition) is 2. The summed E-state index contributed by atoms with van der Waals surface area (Å²) in [5, 5.41) is 3.08. The van der Waals surface area contributed by atoms with E-state index in [1.807, 2.05) is 4.90 Å². The van der Waals surface area contributed by atoms with Crippen molar-refractivity contribution in [3.05, 3.63) is 0 Å². The summed E-state index contributed by atoms with van der Waals surface area (Å²) in [6.45, 7) is 5.12. The maximum Gasteiger partial charge on any atom is 0.237 e. The van der Waals surface area contributed by atoms with Crippen LogP contribution in [-0.4, -0.2) is 35.8 Å². The first-order valence-corrected chi connectivity index (χ1v) is 7.62. The molecule has 2 fully saturated rings. The van der Waals surface area contributed by atoms with Crippen molar-refractivity contribution in [1.82, 2.24) is 10.2 Å². The van der Waals surface area contributed by atoms with Crippen LogP contribution >= 0.6 is 0 Å². The molecule has 0 aromatic carbocycles. The van der Waals surface area contributed by atoms with Gasteiger partial charge >= 0.3 is 0 Å². The number of carbonyl (C=O) groups is 2. The van der Waals surface area contributed by atoms with Gasteiger partial charge in [0, 0.05) is 19.1 Å². The molecule has 4 nitrogen and oxygen atoms in total. The molecule has 4 heteroatoms. The van der Waals surface area contributed by atoms with Gasteiger partial charge in [-0.15, -0.1) is 0 Å². The Morgan fingerprint density at radius 3 is 2.16 bits per heavy atom. The van der Waals surface area contributed by atoms with Crippen LogP contribution in [0.25, 0.3) is 0 Å². The third-order valence-electron chi connectivity index (χ3n) is 4.44. The Morgan fingerprint density at radius 1 is 1.00 bits per heavy atom. The van der Waals surface area contributed by atoms with E-state index in [0.717, 1.165) is 38.8 Å². The zero-order chi connectivity index (χ0) is 13.9. The van der Waals surface area contributed by atoms with E-state index in [-0.39, 0.29) is 17.9 Å². The molecule has 1 heterocycles. The molecule has 19 heavy (non-hydrogen) atoms. The van der Waals surface area contributed by atoms with Crippen molar-refractivity contribution < 1.29 is 9.59 Å². The molecule has 1 aliphatic carbocycles. The minimum atomic E-state index is -0.929. The number of nitrogens with one attached hydrogen (secondary N) is 1. The highest BCUT2D eigenvalue weighted by atomic mass is 16.2. The Hall–Kier alpha value is -1.06. The van der Waals surface area contributed by atoms with Crippen LogP contribution in [0.15, 0.2) is 0 Å². The molecule has 0 radical (unpaired) electrons.